The van der Waals surface area contributed by atoms with E-state index in [-0.39, 0.29) is 12.5 Å². The van der Waals surface area contributed by atoms with E-state index in [1.54, 1.807) is 19.1 Å². The Balaban J connectivity index is 2.34. The summed E-state index contributed by atoms with van der Waals surface area (Å²) in [5, 5.41) is 2.82. The first-order valence-corrected chi connectivity index (χ1v) is 13.1. The third-order valence-electron chi connectivity index (χ3n) is 5.44. The maximum absolute atomic E-state index is 13.4. The van der Waals surface area contributed by atoms with E-state index in [0.29, 0.717) is 18.2 Å². The lowest BCUT2D eigenvalue weighted by Crippen LogP contribution is -2.51. The molecule has 0 radical (unpaired) electrons. The van der Waals surface area contributed by atoms with Gasteiger partial charge in [-0.15, -0.1) is 0 Å². The maximum atomic E-state index is 13.4. The standard InChI is InChI=1S/C25H35N3O4S/c1-6-16-26-25(30)20(4)27(17-21-10-8-7-9-11-21)24(29)18-28(33(5,31)32)23-14-12-22(13-15-23)19(2)3/h7-15,19-20H,6,16-18H2,1-5H3,(H,26,30)/t20-/m1/s1. The van der Waals surface area contributed by atoms with Gasteiger partial charge in [-0.25, -0.2) is 8.42 Å². The fourth-order valence-electron chi connectivity index (χ4n) is 3.40. The van der Waals surface area contributed by atoms with E-state index in [9.17, 15) is 18.0 Å². The van der Waals surface area contributed by atoms with Gasteiger partial charge in [-0.05, 0) is 42.5 Å². The molecule has 180 valence electrons. The van der Waals surface area contributed by atoms with Crippen LogP contribution in [0.5, 0.6) is 0 Å². The lowest BCUT2D eigenvalue weighted by atomic mass is 10.0. The molecule has 2 rings (SSSR count). The molecule has 0 aromatic heterocycles. The minimum Gasteiger partial charge on any atom is -0.354 e. The Kier molecular flexibility index (Phi) is 9.46. The van der Waals surface area contributed by atoms with E-state index < -0.39 is 28.5 Å². The number of rotatable bonds is 11. The van der Waals surface area contributed by atoms with Gasteiger partial charge < -0.3 is 10.2 Å². The zero-order valence-corrected chi connectivity index (χ0v) is 20.9. The van der Waals surface area contributed by atoms with Gasteiger partial charge in [0.05, 0.1) is 11.9 Å². The van der Waals surface area contributed by atoms with Gasteiger partial charge in [0, 0.05) is 13.1 Å². The second kappa shape index (κ2) is 11.8. The average Bonchev–Trinajstić information content (AvgIpc) is 2.78. The summed E-state index contributed by atoms with van der Waals surface area (Å²) in [4.78, 5) is 27.5. The second-order valence-electron chi connectivity index (χ2n) is 8.49. The molecule has 0 fully saturated rings. The van der Waals surface area contributed by atoms with Crippen LogP contribution in [0.3, 0.4) is 0 Å². The van der Waals surface area contributed by atoms with Crippen molar-refractivity contribution in [2.24, 2.45) is 0 Å². The van der Waals surface area contributed by atoms with Crippen LogP contribution in [-0.2, 0) is 26.2 Å². The Morgan fingerprint density at radius 3 is 2.09 bits per heavy atom. The van der Waals surface area contributed by atoms with E-state index in [2.05, 4.69) is 19.2 Å². The van der Waals surface area contributed by atoms with E-state index in [1.165, 1.54) is 4.90 Å². The van der Waals surface area contributed by atoms with E-state index in [4.69, 9.17) is 0 Å². The van der Waals surface area contributed by atoms with E-state index in [0.717, 1.165) is 28.1 Å². The molecule has 2 amide bonds. The number of benzene rings is 2. The summed E-state index contributed by atoms with van der Waals surface area (Å²) in [5.41, 5.74) is 2.34. The molecule has 0 saturated heterocycles. The fraction of sp³-hybridized carbons (Fsp3) is 0.440. The third kappa shape index (κ3) is 7.60. The first-order valence-electron chi connectivity index (χ1n) is 11.2. The van der Waals surface area contributed by atoms with Crippen molar-refractivity contribution in [3.63, 3.8) is 0 Å². The van der Waals surface area contributed by atoms with Crippen LogP contribution in [0, 0.1) is 0 Å². The highest BCUT2D eigenvalue weighted by atomic mass is 32.2. The molecule has 0 unspecified atom stereocenters. The van der Waals surface area contributed by atoms with Crippen LogP contribution in [0.2, 0.25) is 0 Å². The van der Waals surface area contributed by atoms with Crippen molar-refractivity contribution in [2.75, 3.05) is 23.7 Å². The normalized spacial score (nSPS) is 12.3. The number of nitrogens with one attached hydrogen (secondary N) is 1. The molecule has 7 nitrogen and oxygen atoms in total. The van der Waals surface area contributed by atoms with Crippen molar-refractivity contribution >= 4 is 27.5 Å². The minimum atomic E-state index is -3.73. The quantitative estimate of drug-likeness (QED) is 0.541. The van der Waals surface area contributed by atoms with Gasteiger partial charge in [0.25, 0.3) is 0 Å². The molecular weight excluding hydrogens is 438 g/mol. The summed E-state index contributed by atoms with van der Waals surface area (Å²) in [6.45, 7) is 8.04. The van der Waals surface area contributed by atoms with Crippen LogP contribution in [0.1, 0.15) is 51.2 Å². The Bertz CT molecular complexity index is 1020. The fourth-order valence-corrected chi connectivity index (χ4v) is 4.25. The predicted octanol–water partition coefficient (Wildman–Crippen LogP) is 3.52. The Morgan fingerprint density at radius 2 is 1.58 bits per heavy atom. The number of anilines is 1. The van der Waals surface area contributed by atoms with Crippen LogP contribution < -0.4 is 9.62 Å². The highest BCUT2D eigenvalue weighted by Crippen LogP contribution is 2.22. The van der Waals surface area contributed by atoms with Crippen molar-refractivity contribution < 1.29 is 18.0 Å². The van der Waals surface area contributed by atoms with Crippen LogP contribution in [0.15, 0.2) is 54.6 Å². The first kappa shape index (κ1) is 26.4. The SMILES string of the molecule is CCCNC(=O)[C@@H](C)N(Cc1ccccc1)C(=O)CN(c1ccc(C(C)C)cc1)S(C)(=O)=O. The summed E-state index contributed by atoms with van der Waals surface area (Å²) < 4.78 is 26.3. The number of hydrogen-bond donors (Lipinski definition) is 1. The van der Waals surface area contributed by atoms with Gasteiger partial charge >= 0.3 is 0 Å². The van der Waals surface area contributed by atoms with E-state index in [1.807, 2.05) is 49.4 Å². The van der Waals surface area contributed by atoms with Gasteiger partial charge in [0.1, 0.15) is 12.6 Å². The molecule has 0 spiro atoms. The summed E-state index contributed by atoms with van der Waals surface area (Å²) in [6, 6.07) is 15.7. The molecule has 8 heteroatoms. The van der Waals surface area contributed by atoms with Gasteiger partial charge in [-0.1, -0.05) is 63.2 Å². The lowest BCUT2D eigenvalue weighted by molar-refractivity contribution is -0.139. The smallest absolute Gasteiger partial charge is 0.244 e. The third-order valence-corrected chi connectivity index (χ3v) is 6.58. The van der Waals surface area contributed by atoms with Crippen LogP contribution in [-0.4, -0.2) is 50.5 Å². The highest BCUT2D eigenvalue weighted by molar-refractivity contribution is 7.92. The molecule has 0 aliphatic rings. The molecule has 0 bridgehead atoms. The number of hydrogen-bond acceptors (Lipinski definition) is 4. The molecular formula is C25H35N3O4S. The maximum Gasteiger partial charge on any atom is 0.244 e. The monoisotopic (exact) mass is 473 g/mol. The van der Waals surface area contributed by atoms with Crippen molar-refractivity contribution in [3.05, 3.63) is 65.7 Å². The van der Waals surface area contributed by atoms with Crippen LogP contribution in [0.25, 0.3) is 0 Å². The predicted molar refractivity (Wildman–Crippen MR) is 132 cm³/mol. The van der Waals surface area contributed by atoms with Crippen LogP contribution in [0.4, 0.5) is 5.69 Å². The number of sulfonamides is 1. The second-order valence-corrected chi connectivity index (χ2v) is 10.4. The molecule has 0 saturated carbocycles. The van der Waals surface area contributed by atoms with Gasteiger partial charge in [-0.2, -0.15) is 0 Å². The Morgan fingerprint density at radius 1 is 0.970 bits per heavy atom. The number of amides is 2. The molecule has 33 heavy (non-hydrogen) atoms. The highest BCUT2D eigenvalue weighted by Gasteiger charge is 2.29. The first-order chi connectivity index (χ1) is 15.5. The van der Waals surface area contributed by atoms with E-state index >= 15 is 0 Å². The van der Waals surface area contributed by atoms with Crippen molar-refractivity contribution in [3.8, 4) is 0 Å². The lowest BCUT2D eigenvalue weighted by Gasteiger charge is -2.31. The van der Waals surface area contributed by atoms with Crippen molar-refractivity contribution in [1.82, 2.24) is 10.2 Å². The minimum absolute atomic E-state index is 0.199. The molecule has 0 heterocycles. The molecule has 2 aromatic rings. The van der Waals surface area contributed by atoms with Gasteiger partial charge in [0.15, 0.2) is 0 Å². The summed E-state index contributed by atoms with van der Waals surface area (Å²) in [5.74, 6) is -0.416. The molecule has 0 aliphatic heterocycles. The molecule has 2 aromatic carbocycles. The number of nitrogens with zero attached hydrogens (tertiary/aromatic N) is 2. The summed E-state index contributed by atoms with van der Waals surface area (Å²) in [6.07, 6.45) is 1.86. The molecule has 1 N–H and O–H groups in total. The zero-order valence-electron chi connectivity index (χ0n) is 20.1. The van der Waals surface area contributed by atoms with Crippen molar-refractivity contribution in [2.45, 2.75) is 52.6 Å². The molecule has 1 atom stereocenters. The Hall–Kier alpha value is -2.87. The van der Waals surface area contributed by atoms with Crippen molar-refractivity contribution in [1.29, 1.82) is 0 Å². The average molecular weight is 474 g/mol. The van der Waals surface area contributed by atoms with Gasteiger partial charge in [0.2, 0.25) is 21.8 Å². The zero-order chi connectivity index (χ0) is 24.6. The van der Waals surface area contributed by atoms with Crippen LogP contribution >= 0.6 is 0 Å². The number of carbonyl (C=O) groups excluding carboxylic acids is 2. The topological polar surface area (TPSA) is 86.8 Å². The molecule has 0 aliphatic carbocycles. The summed E-state index contributed by atoms with van der Waals surface area (Å²) in [7, 11) is -3.73. The number of carbonyl (C=O) groups is 2. The van der Waals surface area contributed by atoms with Gasteiger partial charge in [-0.3, -0.25) is 13.9 Å². The largest absolute Gasteiger partial charge is 0.354 e. The summed E-state index contributed by atoms with van der Waals surface area (Å²) >= 11 is 0. The Labute approximate surface area is 197 Å².